The predicted molar refractivity (Wildman–Crippen MR) is 105 cm³/mol. The topological polar surface area (TPSA) is 143 Å². The lowest BCUT2D eigenvalue weighted by Crippen LogP contribution is -2.42. The van der Waals surface area contributed by atoms with Gasteiger partial charge in [0.25, 0.3) is 0 Å². The molecule has 0 aromatic rings. The Balaban J connectivity index is 1.69. The molecule has 0 radical (unpaired) electrons. The summed E-state index contributed by atoms with van der Waals surface area (Å²) in [5.74, 6) is -1.13. The molecule has 10 nitrogen and oxygen atoms in total. The van der Waals surface area contributed by atoms with Crippen LogP contribution in [0.3, 0.4) is 0 Å². The molecule has 1 saturated heterocycles. The minimum atomic E-state index is -0.818. The minimum absolute atomic E-state index is 0.0101. The van der Waals surface area contributed by atoms with Gasteiger partial charge in [-0.1, -0.05) is 0 Å². The van der Waals surface area contributed by atoms with Crippen molar-refractivity contribution >= 4 is 17.8 Å². The molecule has 4 N–H and O–H groups in total. The molecule has 1 heterocycles. The molecule has 30 heavy (non-hydrogen) atoms. The number of rotatable bonds is 9. The van der Waals surface area contributed by atoms with Crippen molar-refractivity contribution < 1.29 is 38.8 Å². The Hall–Kier alpha value is -2.01. The van der Waals surface area contributed by atoms with Crippen LogP contribution in [-0.4, -0.2) is 77.9 Å². The van der Waals surface area contributed by atoms with E-state index in [1.807, 2.05) is 0 Å². The van der Waals surface area contributed by atoms with E-state index in [1.165, 1.54) is 0 Å². The fraction of sp³-hybridized carbons (Fsp3) is 0.750. The first-order valence-electron chi connectivity index (χ1n) is 10.1. The van der Waals surface area contributed by atoms with Crippen molar-refractivity contribution in [1.82, 2.24) is 10.6 Å². The molecule has 0 unspecified atom stereocenters. The average molecular weight is 428 g/mol. The minimum Gasteiger partial charge on any atom is -0.460 e. The van der Waals surface area contributed by atoms with Crippen LogP contribution in [0.4, 0.5) is 0 Å². The molecule has 1 fully saturated rings. The third-order valence-corrected chi connectivity index (χ3v) is 4.65. The van der Waals surface area contributed by atoms with Gasteiger partial charge in [-0.3, -0.25) is 14.4 Å². The van der Waals surface area contributed by atoms with Gasteiger partial charge in [0.1, 0.15) is 24.6 Å². The number of nitrogens with one attached hydrogen (secondary N) is 2. The Morgan fingerprint density at radius 1 is 1.27 bits per heavy atom. The summed E-state index contributed by atoms with van der Waals surface area (Å²) < 4.78 is 15.8. The fourth-order valence-electron chi connectivity index (χ4n) is 3.23. The quantitative estimate of drug-likeness (QED) is 0.361. The van der Waals surface area contributed by atoms with E-state index in [-0.39, 0.29) is 57.4 Å². The highest BCUT2D eigenvalue weighted by Crippen LogP contribution is 2.27. The number of esters is 1. The van der Waals surface area contributed by atoms with E-state index in [4.69, 9.17) is 14.2 Å². The molecule has 170 valence electrons. The second-order valence-corrected chi connectivity index (χ2v) is 8.42. The first-order valence-corrected chi connectivity index (χ1v) is 10.1. The number of carbonyl (C=O) groups excluding carboxylic acids is 3. The molecule has 2 rings (SSSR count). The Bertz CT molecular complexity index is 658. The molecular formula is C20H32N2O8. The highest BCUT2D eigenvalue weighted by atomic mass is 16.7. The van der Waals surface area contributed by atoms with E-state index in [1.54, 1.807) is 26.8 Å². The molecule has 2 aliphatic rings. The summed E-state index contributed by atoms with van der Waals surface area (Å²) in [4.78, 5) is 36.1. The number of ether oxygens (including phenoxy) is 3. The first-order chi connectivity index (χ1) is 14.1. The molecule has 1 aliphatic carbocycles. The molecule has 0 saturated carbocycles. The first kappa shape index (κ1) is 24.3. The van der Waals surface area contributed by atoms with Crippen LogP contribution in [0.2, 0.25) is 0 Å². The second-order valence-electron chi connectivity index (χ2n) is 8.42. The third kappa shape index (κ3) is 7.67. The third-order valence-electron chi connectivity index (χ3n) is 4.65. The van der Waals surface area contributed by atoms with Gasteiger partial charge in [-0.15, -0.1) is 0 Å². The molecule has 0 spiro atoms. The maximum absolute atomic E-state index is 12.3. The molecule has 2 amide bonds. The second kappa shape index (κ2) is 10.9. The summed E-state index contributed by atoms with van der Waals surface area (Å²) in [6.07, 6.45) is 0.398. The van der Waals surface area contributed by atoms with Crippen LogP contribution in [0.5, 0.6) is 0 Å². The SMILES string of the molecule is CC(C)(C)OC(=O)CC[C@@H](CO)NC(=O)CCNC(=O)C1=C[C@H]2OCO[C@H]2[C@H](O)C1. The monoisotopic (exact) mass is 428 g/mol. The van der Waals surface area contributed by atoms with Crippen LogP contribution in [0, 0.1) is 0 Å². The van der Waals surface area contributed by atoms with Crippen molar-refractivity contribution in [2.24, 2.45) is 0 Å². The highest BCUT2D eigenvalue weighted by molar-refractivity contribution is 5.94. The van der Waals surface area contributed by atoms with Crippen LogP contribution in [-0.2, 0) is 28.6 Å². The van der Waals surface area contributed by atoms with Gasteiger partial charge in [-0.25, -0.2) is 0 Å². The number of fused-ring (bicyclic) bond motifs is 1. The number of aliphatic hydroxyl groups is 2. The Morgan fingerprint density at radius 2 is 2.00 bits per heavy atom. The van der Waals surface area contributed by atoms with Gasteiger partial charge in [0, 0.05) is 31.4 Å². The van der Waals surface area contributed by atoms with Crippen LogP contribution >= 0.6 is 0 Å². The number of hydrogen-bond donors (Lipinski definition) is 4. The van der Waals surface area contributed by atoms with Gasteiger partial charge in [0.2, 0.25) is 11.8 Å². The maximum atomic E-state index is 12.3. The van der Waals surface area contributed by atoms with Gasteiger partial charge in [0.05, 0.1) is 18.8 Å². The van der Waals surface area contributed by atoms with E-state index in [0.717, 1.165) is 0 Å². The average Bonchev–Trinajstić information content (AvgIpc) is 3.12. The Morgan fingerprint density at radius 3 is 2.67 bits per heavy atom. The van der Waals surface area contributed by atoms with Gasteiger partial charge in [-0.2, -0.15) is 0 Å². The van der Waals surface area contributed by atoms with E-state index >= 15 is 0 Å². The van der Waals surface area contributed by atoms with E-state index in [2.05, 4.69) is 10.6 Å². The van der Waals surface area contributed by atoms with Crippen LogP contribution in [0.15, 0.2) is 11.6 Å². The largest absolute Gasteiger partial charge is 0.460 e. The highest BCUT2D eigenvalue weighted by Gasteiger charge is 2.39. The van der Waals surface area contributed by atoms with Crippen molar-refractivity contribution in [2.75, 3.05) is 19.9 Å². The van der Waals surface area contributed by atoms with E-state index in [9.17, 15) is 24.6 Å². The Labute approximate surface area is 175 Å². The summed E-state index contributed by atoms with van der Waals surface area (Å²) in [6, 6.07) is -0.576. The molecule has 0 aromatic carbocycles. The lowest BCUT2D eigenvalue weighted by molar-refractivity contribution is -0.155. The summed E-state index contributed by atoms with van der Waals surface area (Å²) in [7, 11) is 0. The van der Waals surface area contributed by atoms with Crippen LogP contribution in [0.1, 0.15) is 46.5 Å². The van der Waals surface area contributed by atoms with Gasteiger partial charge in [-0.05, 0) is 33.3 Å². The van der Waals surface area contributed by atoms with Crippen molar-refractivity contribution in [2.45, 2.75) is 76.4 Å². The molecule has 1 aliphatic heterocycles. The summed E-state index contributed by atoms with van der Waals surface area (Å²) >= 11 is 0. The molecular weight excluding hydrogens is 396 g/mol. The standard InChI is InChI=1S/C20H32N2O8/c1-20(2,3)30-17(26)5-4-13(10-23)22-16(25)6-7-21-19(27)12-8-14(24)18-15(9-12)28-11-29-18/h9,13-15,18,23-24H,4-8,10-11H2,1-3H3,(H,21,27)(H,22,25)/t13-,14+,15+,18-/m0/s1. The van der Waals surface area contributed by atoms with Crippen molar-refractivity contribution in [3.05, 3.63) is 11.6 Å². The van der Waals surface area contributed by atoms with Crippen LogP contribution in [0.25, 0.3) is 0 Å². The fourth-order valence-corrected chi connectivity index (χ4v) is 3.23. The number of amides is 2. The van der Waals surface area contributed by atoms with Gasteiger partial charge in [0.15, 0.2) is 0 Å². The molecule has 10 heteroatoms. The zero-order valence-corrected chi connectivity index (χ0v) is 17.7. The van der Waals surface area contributed by atoms with Crippen molar-refractivity contribution in [3.63, 3.8) is 0 Å². The van der Waals surface area contributed by atoms with Gasteiger partial charge < -0.3 is 35.1 Å². The molecule has 0 aromatic heterocycles. The zero-order chi connectivity index (χ0) is 22.3. The molecule has 4 atom stereocenters. The number of carbonyl (C=O) groups is 3. The van der Waals surface area contributed by atoms with Crippen LogP contribution < -0.4 is 10.6 Å². The summed E-state index contributed by atoms with van der Waals surface area (Å²) in [6.45, 7) is 5.16. The lowest BCUT2D eigenvalue weighted by atomic mass is 9.92. The maximum Gasteiger partial charge on any atom is 0.306 e. The lowest BCUT2D eigenvalue weighted by Gasteiger charge is -2.26. The summed E-state index contributed by atoms with van der Waals surface area (Å²) in [5, 5.41) is 24.7. The molecule has 0 bridgehead atoms. The van der Waals surface area contributed by atoms with Crippen molar-refractivity contribution in [1.29, 1.82) is 0 Å². The van der Waals surface area contributed by atoms with E-state index < -0.39 is 35.9 Å². The predicted octanol–water partition coefficient (Wildman–Crippen LogP) is -0.476. The van der Waals surface area contributed by atoms with E-state index in [0.29, 0.717) is 5.57 Å². The van der Waals surface area contributed by atoms with Crippen molar-refractivity contribution in [3.8, 4) is 0 Å². The zero-order valence-electron chi connectivity index (χ0n) is 17.7. The Kier molecular flexibility index (Phi) is 8.78. The summed E-state index contributed by atoms with van der Waals surface area (Å²) in [5.41, 5.74) is -0.199. The number of hydrogen-bond acceptors (Lipinski definition) is 8. The number of aliphatic hydroxyl groups excluding tert-OH is 2. The van der Waals surface area contributed by atoms with Gasteiger partial charge >= 0.3 is 5.97 Å². The smallest absolute Gasteiger partial charge is 0.306 e. The normalized spacial score (nSPS) is 24.4.